The molecule has 1 amide bonds. The second-order valence-electron chi connectivity index (χ2n) is 8.36. The van der Waals surface area contributed by atoms with E-state index in [0.717, 1.165) is 28.2 Å². The minimum absolute atomic E-state index is 0.0506. The van der Waals surface area contributed by atoms with Crippen LogP contribution in [0.25, 0.3) is 6.08 Å². The van der Waals surface area contributed by atoms with Crippen molar-refractivity contribution in [1.82, 2.24) is 5.01 Å². The van der Waals surface area contributed by atoms with Gasteiger partial charge in [0.15, 0.2) is 16.7 Å². The number of aromatic hydroxyl groups is 1. The van der Waals surface area contributed by atoms with E-state index in [1.165, 1.54) is 11.8 Å². The number of thioether (sulfide) groups is 1. The SMILES string of the molecule is CCOc1cc(/C=C2\SC(N3N=C(c4ccc(OC)cc4)CC3c3ccc(Cl)cc3)=NC2=O)ccc1O. The molecule has 0 bridgehead atoms. The lowest BCUT2D eigenvalue weighted by atomic mass is 9.98. The molecule has 0 aromatic heterocycles. The molecular formula is C28H24ClN3O4S. The van der Waals surface area contributed by atoms with E-state index in [0.29, 0.717) is 33.9 Å². The fourth-order valence-electron chi connectivity index (χ4n) is 4.13. The van der Waals surface area contributed by atoms with Crippen molar-refractivity contribution in [2.24, 2.45) is 10.1 Å². The Morgan fingerprint density at radius 2 is 1.89 bits per heavy atom. The molecule has 1 N–H and O–H groups in total. The molecule has 9 heteroatoms. The van der Waals surface area contributed by atoms with Crippen molar-refractivity contribution in [2.75, 3.05) is 13.7 Å². The first-order valence-corrected chi connectivity index (χ1v) is 12.9. The van der Waals surface area contributed by atoms with E-state index in [1.807, 2.05) is 60.5 Å². The average molecular weight is 534 g/mol. The first-order valence-electron chi connectivity index (χ1n) is 11.7. The third-order valence-corrected chi connectivity index (χ3v) is 7.20. The summed E-state index contributed by atoms with van der Waals surface area (Å²) in [5.41, 5.74) is 3.60. The highest BCUT2D eigenvalue weighted by atomic mass is 35.5. The smallest absolute Gasteiger partial charge is 0.286 e. The third-order valence-electron chi connectivity index (χ3n) is 5.98. The van der Waals surface area contributed by atoms with Crippen LogP contribution in [0, 0.1) is 0 Å². The number of ether oxygens (including phenoxy) is 2. The Balaban J connectivity index is 1.45. The zero-order chi connectivity index (χ0) is 25.9. The lowest BCUT2D eigenvalue weighted by Crippen LogP contribution is -2.23. The van der Waals surface area contributed by atoms with Crippen LogP contribution >= 0.6 is 23.4 Å². The maximum absolute atomic E-state index is 12.9. The van der Waals surface area contributed by atoms with Crippen molar-refractivity contribution in [3.63, 3.8) is 0 Å². The summed E-state index contributed by atoms with van der Waals surface area (Å²) in [4.78, 5) is 17.7. The number of methoxy groups -OCH3 is 1. The molecule has 5 rings (SSSR count). The molecule has 2 heterocycles. The lowest BCUT2D eigenvalue weighted by Gasteiger charge is -2.22. The zero-order valence-corrected chi connectivity index (χ0v) is 21.8. The first kappa shape index (κ1) is 24.9. The standard InChI is InChI=1S/C28H24ClN3O4S/c1-3-36-25-14-17(4-13-24(25)33)15-26-27(34)30-28(37-26)32-23(19-5-9-20(29)10-6-19)16-22(31-32)18-7-11-21(35-2)12-8-18/h4-15,23,33H,3,16H2,1-2H3/b26-15-. The van der Waals surface area contributed by atoms with Crippen molar-refractivity contribution in [2.45, 2.75) is 19.4 Å². The summed E-state index contributed by atoms with van der Waals surface area (Å²) < 4.78 is 10.8. The van der Waals surface area contributed by atoms with Gasteiger partial charge in [-0.25, -0.2) is 5.01 Å². The molecule has 2 aliphatic rings. The Kier molecular flexibility index (Phi) is 7.21. The molecule has 0 aliphatic carbocycles. The number of hydrazone groups is 1. The van der Waals surface area contributed by atoms with Gasteiger partial charge in [0.1, 0.15) is 5.75 Å². The lowest BCUT2D eigenvalue weighted by molar-refractivity contribution is -0.113. The van der Waals surface area contributed by atoms with Crippen LogP contribution < -0.4 is 9.47 Å². The molecule has 37 heavy (non-hydrogen) atoms. The molecular weight excluding hydrogens is 510 g/mol. The van der Waals surface area contributed by atoms with Gasteiger partial charge < -0.3 is 14.6 Å². The van der Waals surface area contributed by atoms with E-state index >= 15 is 0 Å². The number of phenols is 1. The van der Waals surface area contributed by atoms with E-state index in [9.17, 15) is 9.90 Å². The Morgan fingerprint density at radius 1 is 1.14 bits per heavy atom. The fraction of sp³-hybridized carbons (Fsp3) is 0.179. The number of benzene rings is 3. The molecule has 0 fully saturated rings. The van der Waals surface area contributed by atoms with Gasteiger partial charge in [-0.05, 0) is 90.0 Å². The van der Waals surface area contributed by atoms with Crippen LogP contribution in [0.15, 0.2) is 81.7 Å². The predicted molar refractivity (Wildman–Crippen MR) is 147 cm³/mol. The highest BCUT2D eigenvalue weighted by Crippen LogP contribution is 2.40. The molecule has 3 aromatic rings. The molecule has 0 spiro atoms. The minimum Gasteiger partial charge on any atom is -0.504 e. The van der Waals surface area contributed by atoms with Crippen molar-refractivity contribution in [1.29, 1.82) is 0 Å². The molecule has 1 atom stereocenters. The number of nitrogens with zero attached hydrogens (tertiary/aromatic N) is 3. The van der Waals surface area contributed by atoms with E-state index < -0.39 is 0 Å². The molecule has 188 valence electrons. The van der Waals surface area contributed by atoms with Crippen LogP contribution in [0.4, 0.5) is 0 Å². The summed E-state index contributed by atoms with van der Waals surface area (Å²) in [7, 11) is 1.63. The average Bonchev–Trinajstić information content (AvgIpc) is 3.51. The molecule has 0 radical (unpaired) electrons. The summed E-state index contributed by atoms with van der Waals surface area (Å²) in [5, 5.41) is 17.9. The summed E-state index contributed by atoms with van der Waals surface area (Å²) in [5.74, 6) is 0.847. The summed E-state index contributed by atoms with van der Waals surface area (Å²) >= 11 is 7.40. The van der Waals surface area contributed by atoms with E-state index in [4.69, 9.17) is 26.2 Å². The van der Waals surface area contributed by atoms with Crippen molar-refractivity contribution in [3.8, 4) is 17.2 Å². The van der Waals surface area contributed by atoms with Gasteiger partial charge in [0.05, 0.1) is 30.4 Å². The molecule has 1 unspecified atom stereocenters. The normalized spacial score (nSPS) is 18.2. The van der Waals surface area contributed by atoms with Crippen LogP contribution in [-0.2, 0) is 4.79 Å². The first-order chi connectivity index (χ1) is 17.9. The highest BCUT2D eigenvalue weighted by molar-refractivity contribution is 8.18. The largest absolute Gasteiger partial charge is 0.504 e. The maximum atomic E-state index is 12.9. The van der Waals surface area contributed by atoms with Crippen LogP contribution in [0.5, 0.6) is 17.2 Å². The number of carbonyl (C=O) groups excluding carboxylic acids is 1. The number of aliphatic imine (C=N–C) groups is 1. The number of amidine groups is 1. The van der Waals surface area contributed by atoms with Crippen LogP contribution in [-0.4, -0.2) is 40.6 Å². The third kappa shape index (κ3) is 5.35. The van der Waals surface area contributed by atoms with Gasteiger partial charge in [0, 0.05) is 11.4 Å². The van der Waals surface area contributed by atoms with E-state index in [1.54, 1.807) is 31.4 Å². The monoisotopic (exact) mass is 533 g/mol. The second-order valence-corrected chi connectivity index (χ2v) is 9.81. The highest BCUT2D eigenvalue weighted by Gasteiger charge is 2.36. The summed E-state index contributed by atoms with van der Waals surface area (Å²) in [6.07, 6.45) is 2.38. The summed E-state index contributed by atoms with van der Waals surface area (Å²) in [6, 6.07) is 20.2. The van der Waals surface area contributed by atoms with E-state index in [-0.39, 0.29) is 17.7 Å². The van der Waals surface area contributed by atoms with Gasteiger partial charge in [-0.2, -0.15) is 10.1 Å². The number of rotatable bonds is 6. The molecule has 2 aliphatic heterocycles. The second kappa shape index (κ2) is 10.7. The van der Waals surface area contributed by atoms with Crippen molar-refractivity contribution in [3.05, 3.63) is 93.3 Å². The van der Waals surface area contributed by atoms with Gasteiger partial charge in [0.2, 0.25) is 0 Å². The fourth-order valence-corrected chi connectivity index (χ4v) is 5.17. The van der Waals surface area contributed by atoms with Crippen LogP contribution in [0.1, 0.15) is 36.1 Å². The van der Waals surface area contributed by atoms with Crippen LogP contribution in [0.2, 0.25) is 5.02 Å². The Morgan fingerprint density at radius 3 is 2.59 bits per heavy atom. The molecule has 3 aromatic carbocycles. The Hall–Kier alpha value is -3.75. The Bertz CT molecular complexity index is 1420. The number of hydrogen-bond donors (Lipinski definition) is 1. The Labute approximate surface area is 224 Å². The number of amides is 1. The summed E-state index contributed by atoms with van der Waals surface area (Å²) in [6.45, 7) is 2.26. The van der Waals surface area contributed by atoms with Gasteiger partial charge in [0.25, 0.3) is 5.91 Å². The maximum Gasteiger partial charge on any atom is 0.286 e. The van der Waals surface area contributed by atoms with Gasteiger partial charge in [-0.15, -0.1) is 0 Å². The number of hydrogen-bond acceptors (Lipinski definition) is 7. The van der Waals surface area contributed by atoms with E-state index in [2.05, 4.69) is 4.99 Å². The number of carbonyl (C=O) groups is 1. The van der Waals surface area contributed by atoms with Crippen molar-refractivity contribution < 1.29 is 19.4 Å². The molecule has 0 saturated carbocycles. The zero-order valence-electron chi connectivity index (χ0n) is 20.2. The topological polar surface area (TPSA) is 83.7 Å². The van der Waals surface area contributed by atoms with Gasteiger partial charge in [-0.3, -0.25) is 4.79 Å². The molecule has 0 saturated heterocycles. The molecule has 7 nitrogen and oxygen atoms in total. The number of halogens is 1. The van der Waals surface area contributed by atoms with Crippen molar-refractivity contribution >= 4 is 46.2 Å². The van der Waals surface area contributed by atoms with Gasteiger partial charge in [-0.1, -0.05) is 29.8 Å². The predicted octanol–water partition coefficient (Wildman–Crippen LogP) is 6.27. The van der Waals surface area contributed by atoms with Gasteiger partial charge >= 0.3 is 0 Å². The minimum atomic E-state index is -0.339. The quantitative estimate of drug-likeness (QED) is 0.376. The number of phenolic OH excluding ortho intramolecular Hbond substituents is 1. The van der Waals surface area contributed by atoms with Crippen LogP contribution in [0.3, 0.4) is 0 Å².